The monoisotopic (exact) mass is 398 g/mol. The lowest BCUT2D eigenvalue weighted by molar-refractivity contribution is 0.393. The maximum atomic E-state index is 5.42. The largest absolute Gasteiger partial charge is 0.361 e. The number of rotatable bonds is 2. The highest BCUT2D eigenvalue weighted by atomic mass is 16.5. The van der Waals surface area contributed by atoms with Crippen LogP contribution >= 0.6 is 0 Å². The minimum absolute atomic E-state index is 0.815. The molecule has 3 aromatic heterocycles. The zero-order valence-corrected chi connectivity index (χ0v) is 18.3. The van der Waals surface area contributed by atoms with Gasteiger partial charge in [0, 0.05) is 22.7 Å². The number of nitrogens with one attached hydrogen (secondary N) is 1. The van der Waals surface area contributed by atoms with Gasteiger partial charge < -0.3 is 9.51 Å². The Bertz CT molecular complexity index is 1340. The molecule has 0 saturated carbocycles. The molecule has 5 heteroatoms. The van der Waals surface area contributed by atoms with E-state index in [-0.39, 0.29) is 0 Å². The number of aromatic nitrogens is 4. The van der Waals surface area contributed by atoms with Crippen LogP contribution in [-0.2, 0) is 0 Å². The molecule has 0 amide bonds. The van der Waals surface area contributed by atoms with Gasteiger partial charge in [0.15, 0.2) is 0 Å². The second-order valence-corrected chi connectivity index (χ2v) is 7.27. The molecule has 30 heavy (non-hydrogen) atoms. The summed E-state index contributed by atoms with van der Waals surface area (Å²) >= 11 is 0. The first-order valence-corrected chi connectivity index (χ1v) is 10.3. The first-order chi connectivity index (χ1) is 14.5. The quantitative estimate of drug-likeness (QED) is 0.359. The first kappa shape index (κ1) is 19.8. The fourth-order valence-corrected chi connectivity index (χ4v) is 4.09. The summed E-state index contributed by atoms with van der Waals surface area (Å²) in [5.41, 5.74) is 9.38. The Hall–Kier alpha value is -3.47. The molecule has 0 fully saturated rings. The highest BCUT2D eigenvalue weighted by Gasteiger charge is 2.19. The minimum Gasteiger partial charge on any atom is -0.361 e. The molecule has 0 aliphatic heterocycles. The molecular formula is C25H26N4O. The normalized spacial score (nSPS) is 11.0. The van der Waals surface area contributed by atoms with Crippen molar-refractivity contribution in [1.82, 2.24) is 20.1 Å². The van der Waals surface area contributed by atoms with Gasteiger partial charge in [0.05, 0.1) is 22.2 Å². The summed E-state index contributed by atoms with van der Waals surface area (Å²) in [6.45, 7) is 12.0. The van der Waals surface area contributed by atoms with E-state index in [1.807, 2.05) is 46.9 Å². The molecule has 0 unspecified atom stereocenters. The molecule has 0 aliphatic carbocycles. The SMILES string of the molecule is CC.Cc1nc2c(-c3c(C)ccc4ncccc34)cc(-c3c(C)noc3C)cc2[nH]1. The third kappa shape index (κ3) is 3.16. The minimum atomic E-state index is 0.815. The Kier molecular flexibility index (Phi) is 5.12. The van der Waals surface area contributed by atoms with Crippen LogP contribution < -0.4 is 0 Å². The van der Waals surface area contributed by atoms with Gasteiger partial charge in [0.2, 0.25) is 0 Å². The smallest absolute Gasteiger partial charge is 0.141 e. The standard InChI is InChI=1S/C23H20N4O.C2H6/c1-12-7-8-19-17(6-5-9-24-19)21(12)18-10-16(22-13(2)27-28-14(22)3)11-20-23(18)26-15(4)25-20;1-2/h5-11H,1-4H3,(H,25,26);1-2H3. The van der Waals surface area contributed by atoms with Crippen LogP contribution in [0.2, 0.25) is 0 Å². The van der Waals surface area contributed by atoms with Crippen LogP contribution in [0.4, 0.5) is 0 Å². The van der Waals surface area contributed by atoms with E-state index in [1.54, 1.807) is 0 Å². The summed E-state index contributed by atoms with van der Waals surface area (Å²) in [7, 11) is 0. The molecule has 0 spiro atoms. The zero-order valence-electron chi connectivity index (χ0n) is 18.3. The molecule has 5 nitrogen and oxygen atoms in total. The molecule has 0 atom stereocenters. The number of H-pyrrole nitrogens is 1. The molecule has 2 aromatic carbocycles. The van der Waals surface area contributed by atoms with Crippen molar-refractivity contribution in [3.8, 4) is 22.3 Å². The van der Waals surface area contributed by atoms with E-state index >= 15 is 0 Å². The van der Waals surface area contributed by atoms with E-state index in [0.29, 0.717) is 0 Å². The summed E-state index contributed by atoms with van der Waals surface area (Å²) < 4.78 is 5.42. The van der Waals surface area contributed by atoms with Gasteiger partial charge in [0.25, 0.3) is 0 Å². The number of hydrogen-bond donors (Lipinski definition) is 1. The van der Waals surface area contributed by atoms with Gasteiger partial charge in [0.1, 0.15) is 11.6 Å². The van der Waals surface area contributed by atoms with Crippen LogP contribution in [0.15, 0.2) is 47.1 Å². The van der Waals surface area contributed by atoms with E-state index in [9.17, 15) is 0 Å². The van der Waals surface area contributed by atoms with Gasteiger partial charge in [-0.15, -0.1) is 0 Å². The predicted molar refractivity (Wildman–Crippen MR) is 123 cm³/mol. The second-order valence-electron chi connectivity index (χ2n) is 7.27. The molecule has 0 saturated heterocycles. The lowest BCUT2D eigenvalue weighted by Crippen LogP contribution is -1.91. The second kappa shape index (κ2) is 7.75. The summed E-state index contributed by atoms with van der Waals surface area (Å²) in [4.78, 5) is 12.7. The highest BCUT2D eigenvalue weighted by molar-refractivity contribution is 6.05. The maximum absolute atomic E-state index is 5.42. The van der Waals surface area contributed by atoms with Crippen molar-refractivity contribution in [2.75, 3.05) is 0 Å². The molecule has 0 aliphatic rings. The molecule has 152 valence electrons. The Morgan fingerprint density at radius 1 is 0.933 bits per heavy atom. The van der Waals surface area contributed by atoms with Gasteiger partial charge in [-0.25, -0.2) is 4.98 Å². The zero-order chi connectivity index (χ0) is 21.4. The first-order valence-electron chi connectivity index (χ1n) is 10.3. The number of aryl methyl sites for hydroxylation is 4. The molecule has 1 N–H and O–H groups in total. The van der Waals surface area contributed by atoms with Gasteiger partial charge in [-0.05, 0) is 68.7 Å². The molecule has 0 radical (unpaired) electrons. The summed E-state index contributed by atoms with van der Waals surface area (Å²) in [6, 6.07) is 12.6. The van der Waals surface area contributed by atoms with Gasteiger partial charge in [-0.1, -0.05) is 31.1 Å². The van der Waals surface area contributed by atoms with Crippen LogP contribution in [0.25, 0.3) is 44.2 Å². The predicted octanol–water partition coefficient (Wildman–Crippen LogP) is 6.69. The van der Waals surface area contributed by atoms with Crippen LogP contribution in [0, 0.1) is 27.7 Å². The number of hydrogen-bond acceptors (Lipinski definition) is 4. The average molecular weight is 399 g/mol. The van der Waals surface area contributed by atoms with E-state index in [1.165, 1.54) is 5.56 Å². The van der Waals surface area contributed by atoms with Crippen molar-refractivity contribution >= 4 is 21.9 Å². The van der Waals surface area contributed by atoms with Crippen LogP contribution in [-0.4, -0.2) is 20.1 Å². The van der Waals surface area contributed by atoms with E-state index in [2.05, 4.69) is 52.4 Å². The van der Waals surface area contributed by atoms with Crippen LogP contribution in [0.3, 0.4) is 0 Å². The lowest BCUT2D eigenvalue weighted by Gasteiger charge is -2.13. The van der Waals surface area contributed by atoms with Crippen molar-refractivity contribution in [1.29, 1.82) is 0 Å². The number of fused-ring (bicyclic) bond motifs is 2. The Morgan fingerprint density at radius 3 is 2.47 bits per heavy atom. The summed E-state index contributed by atoms with van der Waals surface area (Å²) in [6.07, 6.45) is 1.83. The third-order valence-corrected chi connectivity index (χ3v) is 5.29. The lowest BCUT2D eigenvalue weighted by atomic mass is 9.92. The fraction of sp³-hybridized carbons (Fsp3) is 0.240. The van der Waals surface area contributed by atoms with Crippen molar-refractivity contribution in [3.05, 3.63) is 65.4 Å². The maximum Gasteiger partial charge on any atom is 0.141 e. The average Bonchev–Trinajstić information content (AvgIpc) is 3.29. The number of benzene rings is 2. The number of imidazole rings is 1. The molecule has 0 bridgehead atoms. The fourth-order valence-electron chi connectivity index (χ4n) is 4.09. The van der Waals surface area contributed by atoms with Crippen LogP contribution in [0.5, 0.6) is 0 Å². The molecule has 3 heterocycles. The Labute approximate surface area is 176 Å². The number of aromatic amines is 1. The number of nitrogens with zero attached hydrogens (tertiary/aromatic N) is 3. The van der Waals surface area contributed by atoms with Gasteiger partial charge in [-0.2, -0.15) is 0 Å². The van der Waals surface area contributed by atoms with E-state index in [0.717, 1.165) is 61.5 Å². The summed E-state index contributed by atoms with van der Waals surface area (Å²) in [5, 5.41) is 5.26. The highest BCUT2D eigenvalue weighted by Crippen LogP contribution is 2.39. The Morgan fingerprint density at radius 2 is 1.73 bits per heavy atom. The van der Waals surface area contributed by atoms with Gasteiger partial charge in [-0.3, -0.25) is 4.98 Å². The van der Waals surface area contributed by atoms with Crippen molar-refractivity contribution in [3.63, 3.8) is 0 Å². The van der Waals surface area contributed by atoms with Crippen LogP contribution in [0.1, 0.15) is 36.7 Å². The van der Waals surface area contributed by atoms with Crippen molar-refractivity contribution in [2.24, 2.45) is 0 Å². The number of pyridine rings is 1. The van der Waals surface area contributed by atoms with Crippen molar-refractivity contribution in [2.45, 2.75) is 41.5 Å². The summed E-state index contributed by atoms with van der Waals surface area (Å²) in [5.74, 6) is 1.71. The van der Waals surface area contributed by atoms with E-state index < -0.39 is 0 Å². The van der Waals surface area contributed by atoms with E-state index in [4.69, 9.17) is 9.51 Å². The Balaban J connectivity index is 0.00000106. The molecule has 5 rings (SSSR count). The molecular weight excluding hydrogens is 372 g/mol. The third-order valence-electron chi connectivity index (χ3n) is 5.29. The van der Waals surface area contributed by atoms with Gasteiger partial charge >= 0.3 is 0 Å². The molecule has 5 aromatic rings. The topological polar surface area (TPSA) is 67.6 Å². The van der Waals surface area contributed by atoms with Crippen molar-refractivity contribution < 1.29 is 4.52 Å².